The zero-order valence-electron chi connectivity index (χ0n) is 16.2. The number of rotatable bonds is 7. The van der Waals surface area contributed by atoms with Crippen LogP contribution >= 0.6 is 22.7 Å². The molecule has 3 aromatic heterocycles. The molecule has 8 heteroatoms. The minimum atomic E-state index is 0.0476. The van der Waals surface area contributed by atoms with Crippen molar-refractivity contribution in [1.29, 1.82) is 0 Å². The summed E-state index contributed by atoms with van der Waals surface area (Å²) in [5.41, 5.74) is 3.33. The van der Waals surface area contributed by atoms with Crippen molar-refractivity contribution in [3.8, 4) is 10.6 Å². The van der Waals surface area contributed by atoms with Gasteiger partial charge in [-0.25, -0.2) is 4.98 Å². The molecule has 1 aliphatic heterocycles. The van der Waals surface area contributed by atoms with Crippen LogP contribution in [0, 0.1) is 0 Å². The van der Waals surface area contributed by atoms with Crippen molar-refractivity contribution in [1.82, 2.24) is 20.6 Å². The number of thiophene rings is 1. The molecule has 0 fully saturated rings. The van der Waals surface area contributed by atoms with Crippen molar-refractivity contribution in [3.05, 3.63) is 28.9 Å². The lowest BCUT2D eigenvalue weighted by Gasteiger charge is -2.13. The summed E-state index contributed by atoms with van der Waals surface area (Å²) in [4.78, 5) is 22.8. The Morgan fingerprint density at radius 3 is 3.11 bits per heavy atom. The lowest BCUT2D eigenvalue weighted by atomic mass is 10.0. The molecule has 6 nitrogen and oxygen atoms in total. The summed E-state index contributed by atoms with van der Waals surface area (Å²) < 4.78 is 1.12. The molecule has 1 amide bonds. The molecule has 148 valence electrons. The third-order valence-electron chi connectivity index (χ3n) is 5.04. The van der Waals surface area contributed by atoms with Crippen molar-refractivity contribution >= 4 is 43.8 Å². The van der Waals surface area contributed by atoms with Gasteiger partial charge in [0.1, 0.15) is 15.5 Å². The lowest BCUT2D eigenvalue weighted by molar-refractivity contribution is -0.116. The van der Waals surface area contributed by atoms with Gasteiger partial charge in [0.15, 0.2) is 0 Å². The number of anilines is 1. The molecule has 1 atom stereocenters. The minimum absolute atomic E-state index is 0.0476. The largest absolute Gasteiger partial charge is 0.317 e. The fourth-order valence-electron chi connectivity index (χ4n) is 3.30. The molecule has 4 heterocycles. The Morgan fingerprint density at radius 1 is 1.39 bits per heavy atom. The number of aromatic nitrogens is 2. The van der Waals surface area contributed by atoms with E-state index in [0.29, 0.717) is 19.0 Å². The summed E-state index contributed by atoms with van der Waals surface area (Å²) in [7, 11) is 0. The summed E-state index contributed by atoms with van der Waals surface area (Å²) in [6.45, 7) is 6.77. The Morgan fingerprint density at radius 2 is 2.29 bits per heavy atom. The summed E-state index contributed by atoms with van der Waals surface area (Å²) in [5.74, 6) is 0.0476. The molecule has 28 heavy (non-hydrogen) atoms. The van der Waals surface area contributed by atoms with Gasteiger partial charge in [-0.15, -0.1) is 22.7 Å². The van der Waals surface area contributed by atoms with E-state index in [-0.39, 0.29) is 5.91 Å². The van der Waals surface area contributed by atoms with Crippen molar-refractivity contribution in [2.45, 2.75) is 45.7 Å². The van der Waals surface area contributed by atoms with Gasteiger partial charge in [0.2, 0.25) is 5.91 Å². The molecule has 0 saturated carbocycles. The molecule has 0 bridgehead atoms. The summed E-state index contributed by atoms with van der Waals surface area (Å²) in [6, 6.07) is 2.43. The first kappa shape index (κ1) is 19.4. The second-order valence-corrected chi connectivity index (χ2v) is 9.19. The van der Waals surface area contributed by atoms with Gasteiger partial charge in [-0.05, 0) is 37.9 Å². The predicted octanol–water partition coefficient (Wildman–Crippen LogP) is 3.78. The molecular weight excluding hydrogens is 390 g/mol. The molecule has 0 unspecified atom stereocenters. The molecule has 1 aliphatic rings. The number of hydrogen-bond acceptors (Lipinski definition) is 7. The van der Waals surface area contributed by atoms with Gasteiger partial charge in [-0.1, -0.05) is 6.92 Å². The number of carbonyl (C=O) groups is 1. The molecule has 0 aromatic carbocycles. The van der Waals surface area contributed by atoms with Gasteiger partial charge in [-0.3, -0.25) is 9.78 Å². The van der Waals surface area contributed by atoms with Crippen LogP contribution in [-0.4, -0.2) is 35.0 Å². The third-order valence-corrected chi connectivity index (χ3v) is 7.24. The number of fused-ring (bicyclic) bond motifs is 2. The second-order valence-electron chi connectivity index (χ2n) is 7.06. The zero-order valence-corrected chi connectivity index (χ0v) is 17.8. The van der Waals surface area contributed by atoms with E-state index in [1.54, 1.807) is 35.1 Å². The van der Waals surface area contributed by atoms with Gasteiger partial charge >= 0.3 is 0 Å². The summed E-state index contributed by atoms with van der Waals surface area (Å²) >= 11 is 3.34. The second kappa shape index (κ2) is 8.65. The first-order valence-corrected chi connectivity index (χ1v) is 11.4. The van der Waals surface area contributed by atoms with E-state index in [4.69, 9.17) is 4.98 Å². The van der Waals surface area contributed by atoms with Crippen LogP contribution in [0.5, 0.6) is 0 Å². The smallest absolute Gasteiger partial charge is 0.226 e. The lowest BCUT2D eigenvalue weighted by Crippen LogP contribution is -2.28. The molecule has 3 N–H and O–H groups in total. The number of amides is 1. The molecule has 0 radical (unpaired) electrons. The van der Waals surface area contributed by atoms with Crippen LogP contribution in [0.25, 0.3) is 20.8 Å². The summed E-state index contributed by atoms with van der Waals surface area (Å²) in [6.07, 6.45) is 6.08. The van der Waals surface area contributed by atoms with Crippen LogP contribution in [0.2, 0.25) is 0 Å². The monoisotopic (exact) mass is 415 g/mol. The maximum atomic E-state index is 12.6. The Bertz CT molecular complexity index is 947. The highest BCUT2D eigenvalue weighted by atomic mass is 32.1. The van der Waals surface area contributed by atoms with Crippen LogP contribution in [0.1, 0.15) is 37.1 Å². The van der Waals surface area contributed by atoms with Crippen molar-refractivity contribution in [2.24, 2.45) is 0 Å². The number of hydrogen-bond donors (Lipinski definition) is 3. The predicted molar refractivity (Wildman–Crippen MR) is 117 cm³/mol. The average molecular weight is 416 g/mol. The van der Waals surface area contributed by atoms with Crippen molar-refractivity contribution < 1.29 is 4.79 Å². The minimum Gasteiger partial charge on any atom is -0.317 e. The van der Waals surface area contributed by atoms with E-state index < -0.39 is 0 Å². The van der Waals surface area contributed by atoms with E-state index in [0.717, 1.165) is 51.7 Å². The first-order valence-electron chi connectivity index (χ1n) is 9.75. The van der Waals surface area contributed by atoms with Gasteiger partial charge < -0.3 is 16.0 Å². The molecule has 3 aromatic rings. The quantitative estimate of drug-likeness (QED) is 0.547. The molecule has 0 saturated heterocycles. The Balaban J connectivity index is 1.60. The number of carbonyl (C=O) groups excluding carboxylic acids is 1. The molecule has 0 aliphatic carbocycles. The number of nitrogens with one attached hydrogen (secondary N) is 3. The SMILES string of the molecule is CC[C@@H](C)NCCC(=O)Nc1sc2c(c1-c1nc3cnccc3s1)CCNC2. The molecular formula is C20H25N5OS2. The van der Waals surface area contributed by atoms with Gasteiger partial charge in [-0.2, -0.15) is 0 Å². The van der Waals surface area contributed by atoms with E-state index in [9.17, 15) is 4.79 Å². The van der Waals surface area contributed by atoms with E-state index in [1.807, 2.05) is 6.07 Å². The Hall–Kier alpha value is -1.87. The highest BCUT2D eigenvalue weighted by molar-refractivity contribution is 7.22. The van der Waals surface area contributed by atoms with Crippen LogP contribution in [-0.2, 0) is 17.8 Å². The highest BCUT2D eigenvalue weighted by Gasteiger charge is 2.25. The third kappa shape index (κ3) is 4.10. The number of nitrogens with zero attached hydrogens (tertiary/aromatic N) is 2. The molecule has 4 rings (SSSR count). The topological polar surface area (TPSA) is 78.9 Å². The van der Waals surface area contributed by atoms with Crippen molar-refractivity contribution in [2.75, 3.05) is 18.4 Å². The summed E-state index contributed by atoms with van der Waals surface area (Å²) in [5, 5.41) is 11.9. The van der Waals surface area contributed by atoms with Crippen molar-refractivity contribution in [3.63, 3.8) is 0 Å². The maximum Gasteiger partial charge on any atom is 0.226 e. The Kier molecular flexibility index (Phi) is 6.01. The highest BCUT2D eigenvalue weighted by Crippen LogP contribution is 2.44. The van der Waals surface area contributed by atoms with Crippen LogP contribution in [0.3, 0.4) is 0 Å². The van der Waals surface area contributed by atoms with Crippen LogP contribution in [0.4, 0.5) is 5.00 Å². The fourth-order valence-corrected chi connectivity index (χ4v) is 5.61. The standard InChI is InChI=1S/C20H25N5OS2/c1-3-12(2)23-9-6-17(26)25-20-18(13-4-7-22-11-16(13)28-20)19-24-14-10-21-8-5-15(14)27-19/h5,8,10,12,22-23H,3-4,6-7,9,11H2,1-2H3,(H,25,26)/t12-/m1/s1. The van der Waals surface area contributed by atoms with Crippen LogP contribution in [0.15, 0.2) is 18.5 Å². The van der Waals surface area contributed by atoms with Gasteiger partial charge in [0, 0.05) is 42.2 Å². The zero-order chi connectivity index (χ0) is 19.5. The molecule has 0 spiro atoms. The number of pyridine rings is 1. The number of thiazole rings is 1. The first-order chi connectivity index (χ1) is 13.7. The average Bonchev–Trinajstić information content (AvgIpc) is 3.27. The van der Waals surface area contributed by atoms with E-state index in [1.165, 1.54) is 10.4 Å². The maximum absolute atomic E-state index is 12.6. The fraction of sp³-hybridized carbons (Fsp3) is 0.450. The Labute approximate surface area is 172 Å². The van der Waals surface area contributed by atoms with Gasteiger partial charge in [0.05, 0.1) is 10.9 Å². The normalized spacial score (nSPS) is 14.8. The van der Waals surface area contributed by atoms with E-state index >= 15 is 0 Å². The van der Waals surface area contributed by atoms with Gasteiger partial charge in [0.25, 0.3) is 0 Å². The van der Waals surface area contributed by atoms with Crippen LogP contribution < -0.4 is 16.0 Å². The van der Waals surface area contributed by atoms with E-state index in [2.05, 4.69) is 34.8 Å².